The van der Waals surface area contributed by atoms with Crippen molar-refractivity contribution < 1.29 is 45.4 Å². The first-order valence-corrected chi connectivity index (χ1v) is 12.3. The summed E-state index contributed by atoms with van der Waals surface area (Å²) in [4.78, 5) is 26.9. The summed E-state index contributed by atoms with van der Waals surface area (Å²) in [5.74, 6) is -1.21. The lowest BCUT2D eigenvalue weighted by Gasteiger charge is -2.24. The molecule has 0 fully saturated rings. The Labute approximate surface area is 226 Å². The SMILES string of the molecule is COC(=O)C[C@@H]1Cc2ccc(OCc3ccc(C(F)(F)F)cc3)cc2CN(Cc2ccc(C(F)(F)F)cc2)C1=O. The van der Waals surface area contributed by atoms with E-state index < -0.39 is 35.4 Å². The fourth-order valence-corrected chi connectivity index (χ4v) is 4.49. The molecular weight excluding hydrogens is 540 g/mol. The Morgan fingerprint density at radius 3 is 1.98 bits per heavy atom. The third-order valence-corrected chi connectivity index (χ3v) is 6.65. The van der Waals surface area contributed by atoms with Gasteiger partial charge in [0.25, 0.3) is 0 Å². The van der Waals surface area contributed by atoms with Crippen molar-refractivity contribution >= 4 is 11.9 Å². The molecule has 3 aromatic carbocycles. The second kappa shape index (κ2) is 11.6. The molecule has 0 aromatic heterocycles. The molecule has 11 heteroatoms. The average Bonchev–Trinajstić information content (AvgIpc) is 3.03. The molecule has 0 spiro atoms. The Morgan fingerprint density at radius 2 is 1.43 bits per heavy atom. The lowest BCUT2D eigenvalue weighted by Crippen LogP contribution is -2.35. The van der Waals surface area contributed by atoms with Gasteiger partial charge in [-0.15, -0.1) is 0 Å². The Hall–Kier alpha value is -4.02. The number of halogens is 6. The van der Waals surface area contributed by atoms with Gasteiger partial charge in [0.15, 0.2) is 0 Å². The van der Waals surface area contributed by atoms with Crippen LogP contribution in [0.3, 0.4) is 0 Å². The maximum atomic E-state index is 13.4. The first-order valence-electron chi connectivity index (χ1n) is 12.3. The summed E-state index contributed by atoms with van der Waals surface area (Å²) in [6, 6.07) is 14.3. The van der Waals surface area contributed by atoms with Gasteiger partial charge in [-0.25, -0.2) is 0 Å². The molecule has 3 aromatic rings. The zero-order valence-corrected chi connectivity index (χ0v) is 21.3. The number of hydrogen-bond acceptors (Lipinski definition) is 4. The molecule has 1 atom stereocenters. The number of carbonyl (C=O) groups excluding carboxylic acids is 2. The maximum absolute atomic E-state index is 13.4. The van der Waals surface area contributed by atoms with Crippen LogP contribution in [0.1, 0.15) is 39.8 Å². The monoisotopic (exact) mass is 565 g/mol. The molecule has 1 aliphatic rings. The van der Waals surface area contributed by atoms with Crippen molar-refractivity contribution in [3.05, 3.63) is 100 Å². The minimum absolute atomic E-state index is 0.0100. The van der Waals surface area contributed by atoms with E-state index >= 15 is 0 Å². The molecule has 4 rings (SSSR count). The Kier molecular flexibility index (Phi) is 8.41. The highest BCUT2D eigenvalue weighted by Crippen LogP contribution is 2.32. The second-order valence-electron chi connectivity index (χ2n) is 9.48. The molecule has 0 aliphatic carbocycles. The minimum Gasteiger partial charge on any atom is -0.489 e. The second-order valence-corrected chi connectivity index (χ2v) is 9.48. The summed E-state index contributed by atoms with van der Waals surface area (Å²) < 4.78 is 87.9. The first kappa shape index (κ1) is 29.0. The summed E-state index contributed by atoms with van der Waals surface area (Å²) >= 11 is 0. The van der Waals surface area contributed by atoms with E-state index in [1.165, 1.54) is 36.3 Å². The van der Waals surface area contributed by atoms with E-state index in [1.54, 1.807) is 18.2 Å². The predicted molar refractivity (Wildman–Crippen MR) is 132 cm³/mol. The minimum atomic E-state index is -4.49. The molecular formula is C29H25F6NO4. The topological polar surface area (TPSA) is 55.8 Å². The Balaban J connectivity index is 1.55. The lowest BCUT2D eigenvalue weighted by atomic mass is 9.94. The number of ether oxygens (including phenoxy) is 2. The normalized spacial score (nSPS) is 15.8. The number of benzene rings is 3. The van der Waals surface area contributed by atoms with Gasteiger partial charge in [0, 0.05) is 13.1 Å². The average molecular weight is 566 g/mol. The van der Waals surface area contributed by atoms with Crippen LogP contribution in [0.5, 0.6) is 5.75 Å². The number of rotatable bonds is 7. The quantitative estimate of drug-likeness (QED) is 0.240. The fourth-order valence-electron chi connectivity index (χ4n) is 4.49. The highest BCUT2D eigenvalue weighted by atomic mass is 19.4. The molecule has 0 unspecified atom stereocenters. The van der Waals surface area contributed by atoms with Crippen LogP contribution in [0, 0.1) is 5.92 Å². The van der Waals surface area contributed by atoms with Crippen molar-refractivity contribution in [2.75, 3.05) is 7.11 Å². The summed E-state index contributed by atoms with van der Waals surface area (Å²) in [6.07, 6.45) is -8.85. The van der Waals surface area contributed by atoms with E-state index in [4.69, 9.17) is 9.47 Å². The Morgan fingerprint density at radius 1 is 0.850 bits per heavy atom. The molecule has 40 heavy (non-hydrogen) atoms. The van der Waals surface area contributed by atoms with E-state index in [2.05, 4.69) is 0 Å². The van der Waals surface area contributed by atoms with E-state index in [1.807, 2.05) is 0 Å². The van der Waals surface area contributed by atoms with Gasteiger partial charge in [0.1, 0.15) is 12.4 Å². The van der Waals surface area contributed by atoms with Crippen LogP contribution in [0.4, 0.5) is 26.3 Å². The van der Waals surface area contributed by atoms with Crippen molar-refractivity contribution in [2.24, 2.45) is 5.92 Å². The lowest BCUT2D eigenvalue weighted by molar-refractivity contribution is -0.147. The van der Waals surface area contributed by atoms with Crippen LogP contribution >= 0.6 is 0 Å². The highest BCUT2D eigenvalue weighted by molar-refractivity contribution is 5.84. The fraction of sp³-hybridized carbons (Fsp3) is 0.310. The van der Waals surface area contributed by atoms with Gasteiger partial charge in [0.05, 0.1) is 30.6 Å². The number of amides is 1. The largest absolute Gasteiger partial charge is 0.489 e. The summed E-state index contributed by atoms with van der Waals surface area (Å²) in [5, 5.41) is 0. The van der Waals surface area contributed by atoms with Crippen LogP contribution in [0.15, 0.2) is 66.7 Å². The van der Waals surface area contributed by atoms with Crippen LogP contribution < -0.4 is 4.74 Å². The van der Waals surface area contributed by atoms with E-state index in [0.717, 1.165) is 35.4 Å². The zero-order chi connectivity index (χ0) is 29.1. The van der Waals surface area contributed by atoms with Gasteiger partial charge < -0.3 is 14.4 Å². The standard InChI is InChI=1S/C29H25F6NO4/c1-39-26(37)14-21-12-20-6-11-25(40-17-19-4-9-24(10-5-19)29(33,34)35)13-22(20)16-36(27(21)38)15-18-2-7-23(8-3-18)28(30,31)32/h2-11,13,21H,12,14-17H2,1H3/t21-/m0/s1. The summed E-state index contributed by atoms with van der Waals surface area (Å²) in [5.41, 5.74) is 0.955. The smallest absolute Gasteiger partial charge is 0.416 e. The predicted octanol–water partition coefficient (Wildman–Crippen LogP) is 6.57. The molecule has 0 radical (unpaired) electrons. The van der Waals surface area contributed by atoms with E-state index in [9.17, 15) is 35.9 Å². The number of alkyl halides is 6. The third kappa shape index (κ3) is 7.13. The molecule has 0 saturated heterocycles. The number of nitrogens with zero attached hydrogens (tertiary/aromatic N) is 1. The van der Waals surface area contributed by atoms with Crippen molar-refractivity contribution in [1.29, 1.82) is 0 Å². The molecule has 5 nitrogen and oxygen atoms in total. The van der Waals surface area contributed by atoms with Crippen LogP contribution in [-0.2, 0) is 52.8 Å². The number of esters is 1. The zero-order valence-electron chi connectivity index (χ0n) is 21.3. The number of hydrogen-bond donors (Lipinski definition) is 0. The molecule has 0 bridgehead atoms. The van der Waals surface area contributed by atoms with Crippen LogP contribution in [0.25, 0.3) is 0 Å². The van der Waals surface area contributed by atoms with E-state index in [-0.39, 0.29) is 38.4 Å². The molecule has 1 aliphatic heterocycles. The van der Waals surface area contributed by atoms with Crippen LogP contribution in [-0.4, -0.2) is 23.9 Å². The van der Waals surface area contributed by atoms with Crippen molar-refractivity contribution in [3.63, 3.8) is 0 Å². The van der Waals surface area contributed by atoms with Gasteiger partial charge in [-0.1, -0.05) is 30.3 Å². The molecule has 0 saturated carbocycles. The van der Waals surface area contributed by atoms with Crippen molar-refractivity contribution in [1.82, 2.24) is 4.90 Å². The number of methoxy groups -OCH3 is 1. The number of carbonyl (C=O) groups is 2. The Bertz CT molecular complexity index is 1350. The third-order valence-electron chi connectivity index (χ3n) is 6.65. The van der Waals surface area contributed by atoms with Gasteiger partial charge in [-0.05, 0) is 65.1 Å². The molecule has 1 heterocycles. The summed E-state index contributed by atoms with van der Waals surface area (Å²) in [7, 11) is 1.22. The maximum Gasteiger partial charge on any atom is 0.416 e. The highest BCUT2D eigenvalue weighted by Gasteiger charge is 2.33. The first-order chi connectivity index (χ1) is 18.8. The number of fused-ring (bicyclic) bond motifs is 1. The van der Waals surface area contributed by atoms with Gasteiger partial charge in [-0.3, -0.25) is 9.59 Å². The van der Waals surface area contributed by atoms with Gasteiger partial charge in [-0.2, -0.15) is 26.3 Å². The van der Waals surface area contributed by atoms with Gasteiger partial charge in [0.2, 0.25) is 5.91 Å². The molecule has 0 N–H and O–H groups in total. The molecule has 1 amide bonds. The van der Waals surface area contributed by atoms with Crippen molar-refractivity contribution in [3.8, 4) is 5.75 Å². The van der Waals surface area contributed by atoms with Crippen LogP contribution in [0.2, 0.25) is 0 Å². The summed E-state index contributed by atoms with van der Waals surface area (Å²) in [6.45, 7) is 0.144. The molecule has 212 valence electrons. The van der Waals surface area contributed by atoms with Gasteiger partial charge >= 0.3 is 18.3 Å². The van der Waals surface area contributed by atoms with Crippen molar-refractivity contribution in [2.45, 2.75) is 44.9 Å². The van der Waals surface area contributed by atoms with E-state index in [0.29, 0.717) is 16.9 Å².